The molecule has 0 aromatic heterocycles. The molecule has 0 fully saturated rings. The van der Waals surface area contributed by atoms with Crippen molar-refractivity contribution in [2.75, 3.05) is 5.33 Å². The minimum absolute atomic E-state index is 0.668. The van der Waals surface area contributed by atoms with Gasteiger partial charge in [0.05, 0.1) is 0 Å². The van der Waals surface area contributed by atoms with Crippen LogP contribution in [0.1, 0.15) is 12.5 Å². The van der Waals surface area contributed by atoms with E-state index in [1.54, 1.807) is 6.07 Å². The van der Waals surface area contributed by atoms with Crippen LogP contribution in [0.4, 0.5) is 0 Å². The first-order valence-corrected chi connectivity index (χ1v) is 5.69. The molecule has 0 nitrogen and oxygen atoms in total. The SMILES string of the molecule is CC(=Cc1cc(Cl)cc(Cl)c1)CBr. The van der Waals surface area contributed by atoms with Gasteiger partial charge in [0.25, 0.3) is 0 Å². The van der Waals surface area contributed by atoms with Crippen LogP contribution in [-0.2, 0) is 0 Å². The summed E-state index contributed by atoms with van der Waals surface area (Å²) < 4.78 is 0. The molecule has 0 bridgehead atoms. The third kappa shape index (κ3) is 3.72. The molecule has 70 valence electrons. The van der Waals surface area contributed by atoms with E-state index in [-0.39, 0.29) is 0 Å². The van der Waals surface area contributed by atoms with Crippen LogP contribution < -0.4 is 0 Å². The van der Waals surface area contributed by atoms with Crippen molar-refractivity contribution >= 4 is 45.2 Å². The predicted octanol–water partition coefficient (Wildman–Crippen LogP) is 4.79. The lowest BCUT2D eigenvalue weighted by molar-refractivity contribution is 1.45. The fourth-order valence-electron chi connectivity index (χ4n) is 0.982. The summed E-state index contributed by atoms with van der Waals surface area (Å²) >= 11 is 15.1. The standard InChI is InChI=1S/C10H9BrCl2/c1-7(6-11)2-8-3-9(12)5-10(13)4-8/h2-5H,6H2,1H3. The number of alkyl halides is 1. The van der Waals surface area contributed by atoms with Gasteiger partial charge in [-0.3, -0.25) is 0 Å². The zero-order valence-corrected chi connectivity index (χ0v) is 10.2. The molecule has 0 unspecified atom stereocenters. The molecular formula is C10H9BrCl2. The van der Waals surface area contributed by atoms with E-state index >= 15 is 0 Å². The van der Waals surface area contributed by atoms with Crippen LogP contribution in [-0.4, -0.2) is 5.33 Å². The molecule has 0 amide bonds. The quantitative estimate of drug-likeness (QED) is 0.683. The van der Waals surface area contributed by atoms with E-state index in [9.17, 15) is 0 Å². The third-order valence-electron chi connectivity index (χ3n) is 1.51. The Kier molecular flexibility index (Phi) is 4.30. The normalized spacial score (nSPS) is 11.8. The van der Waals surface area contributed by atoms with E-state index in [2.05, 4.69) is 15.9 Å². The minimum Gasteiger partial charge on any atom is -0.0880 e. The summed E-state index contributed by atoms with van der Waals surface area (Å²) in [6, 6.07) is 5.50. The Hall–Kier alpha value is 0.0200. The summed E-state index contributed by atoms with van der Waals surface area (Å²) in [7, 11) is 0. The summed E-state index contributed by atoms with van der Waals surface area (Å²) in [5, 5.41) is 2.19. The van der Waals surface area contributed by atoms with Crippen molar-refractivity contribution in [3.63, 3.8) is 0 Å². The Balaban J connectivity index is 3.02. The molecule has 0 saturated heterocycles. The van der Waals surface area contributed by atoms with Crippen LogP contribution in [0, 0.1) is 0 Å². The molecule has 0 saturated carbocycles. The predicted molar refractivity (Wildman–Crippen MR) is 63.9 cm³/mol. The molecule has 0 N–H and O–H groups in total. The lowest BCUT2D eigenvalue weighted by Crippen LogP contribution is -1.78. The third-order valence-corrected chi connectivity index (χ3v) is 2.83. The van der Waals surface area contributed by atoms with Gasteiger partial charge in [-0.05, 0) is 30.7 Å². The Morgan fingerprint density at radius 3 is 2.31 bits per heavy atom. The van der Waals surface area contributed by atoms with Crippen molar-refractivity contribution < 1.29 is 0 Å². The summed E-state index contributed by atoms with van der Waals surface area (Å²) in [5.74, 6) is 0. The number of benzene rings is 1. The van der Waals surface area contributed by atoms with Gasteiger partial charge >= 0.3 is 0 Å². The highest BCUT2D eigenvalue weighted by Crippen LogP contribution is 2.20. The van der Waals surface area contributed by atoms with E-state index in [1.807, 2.05) is 25.1 Å². The second kappa shape index (κ2) is 5.04. The van der Waals surface area contributed by atoms with E-state index in [4.69, 9.17) is 23.2 Å². The zero-order chi connectivity index (χ0) is 9.84. The van der Waals surface area contributed by atoms with E-state index < -0.39 is 0 Å². The van der Waals surface area contributed by atoms with Gasteiger partial charge in [0, 0.05) is 15.4 Å². The van der Waals surface area contributed by atoms with Crippen LogP contribution in [0.15, 0.2) is 23.8 Å². The van der Waals surface area contributed by atoms with Crippen LogP contribution >= 0.6 is 39.1 Å². The zero-order valence-electron chi connectivity index (χ0n) is 7.15. The first kappa shape index (κ1) is 11.1. The highest BCUT2D eigenvalue weighted by atomic mass is 79.9. The van der Waals surface area contributed by atoms with Crippen LogP contribution in [0.25, 0.3) is 6.08 Å². The lowest BCUT2D eigenvalue weighted by Gasteiger charge is -1.99. The largest absolute Gasteiger partial charge is 0.0880 e. The molecule has 0 radical (unpaired) electrons. The Morgan fingerprint density at radius 2 is 1.85 bits per heavy atom. The van der Waals surface area contributed by atoms with Crippen molar-refractivity contribution in [2.24, 2.45) is 0 Å². The van der Waals surface area contributed by atoms with Crippen LogP contribution in [0.3, 0.4) is 0 Å². The second-order valence-electron chi connectivity index (χ2n) is 2.83. The maximum atomic E-state index is 5.85. The molecule has 1 aromatic rings. The fraction of sp³-hybridized carbons (Fsp3) is 0.200. The maximum Gasteiger partial charge on any atom is 0.0426 e. The van der Waals surface area contributed by atoms with Crippen molar-refractivity contribution in [1.82, 2.24) is 0 Å². The maximum absolute atomic E-state index is 5.85. The van der Waals surface area contributed by atoms with E-state index in [0.717, 1.165) is 10.9 Å². The minimum atomic E-state index is 0.668. The summed E-state index contributed by atoms with van der Waals surface area (Å²) in [6.07, 6.45) is 2.05. The number of hydrogen-bond acceptors (Lipinski definition) is 0. The van der Waals surface area contributed by atoms with Crippen LogP contribution in [0.5, 0.6) is 0 Å². The smallest absolute Gasteiger partial charge is 0.0426 e. The molecule has 13 heavy (non-hydrogen) atoms. The van der Waals surface area contributed by atoms with Gasteiger partial charge in [0.1, 0.15) is 0 Å². The van der Waals surface area contributed by atoms with Crippen LogP contribution in [0.2, 0.25) is 10.0 Å². The van der Waals surface area contributed by atoms with Gasteiger partial charge in [0.2, 0.25) is 0 Å². The van der Waals surface area contributed by atoms with Gasteiger partial charge < -0.3 is 0 Å². The van der Waals surface area contributed by atoms with Crippen molar-refractivity contribution in [3.8, 4) is 0 Å². The molecule has 0 aliphatic carbocycles. The number of allylic oxidation sites excluding steroid dienone is 1. The molecule has 0 atom stereocenters. The second-order valence-corrected chi connectivity index (χ2v) is 4.26. The van der Waals surface area contributed by atoms with Crippen molar-refractivity contribution in [1.29, 1.82) is 0 Å². The lowest BCUT2D eigenvalue weighted by atomic mass is 10.1. The molecular weight excluding hydrogens is 271 g/mol. The van der Waals surface area contributed by atoms with Crippen molar-refractivity contribution in [2.45, 2.75) is 6.92 Å². The van der Waals surface area contributed by atoms with Gasteiger partial charge in [-0.25, -0.2) is 0 Å². The summed E-state index contributed by atoms with van der Waals surface area (Å²) in [6.45, 7) is 2.05. The topological polar surface area (TPSA) is 0 Å². The molecule has 0 aliphatic heterocycles. The number of halogens is 3. The monoisotopic (exact) mass is 278 g/mol. The summed E-state index contributed by atoms with van der Waals surface area (Å²) in [5.41, 5.74) is 2.27. The average Bonchev–Trinajstić information content (AvgIpc) is 2.02. The van der Waals surface area contributed by atoms with Crippen molar-refractivity contribution in [3.05, 3.63) is 39.4 Å². The van der Waals surface area contributed by atoms with Gasteiger partial charge in [-0.2, -0.15) is 0 Å². The Morgan fingerprint density at radius 1 is 1.31 bits per heavy atom. The number of hydrogen-bond donors (Lipinski definition) is 0. The first-order valence-electron chi connectivity index (χ1n) is 3.81. The Bertz CT molecular complexity index is 311. The summed E-state index contributed by atoms with van der Waals surface area (Å²) in [4.78, 5) is 0. The first-order chi connectivity index (χ1) is 6.11. The van der Waals surface area contributed by atoms with E-state index in [1.165, 1.54) is 5.57 Å². The molecule has 1 rings (SSSR count). The Labute approximate surface area is 96.7 Å². The van der Waals surface area contributed by atoms with Gasteiger partial charge in [-0.15, -0.1) is 0 Å². The highest BCUT2D eigenvalue weighted by molar-refractivity contribution is 9.09. The molecule has 0 heterocycles. The molecule has 0 spiro atoms. The average molecular weight is 280 g/mol. The molecule has 3 heteroatoms. The molecule has 0 aliphatic rings. The fourth-order valence-corrected chi connectivity index (χ4v) is 1.69. The van der Waals surface area contributed by atoms with Gasteiger partial charge in [-0.1, -0.05) is 50.8 Å². The number of rotatable bonds is 2. The van der Waals surface area contributed by atoms with Gasteiger partial charge in [0.15, 0.2) is 0 Å². The van der Waals surface area contributed by atoms with E-state index in [0.29, 0.717) is 10.0 Å². The highest BCUT2D eigenvalue weighted by Gasteiger charge is 1.95. The molecule has 1 aromatic carbocycles.